The number of halogens is 1. The van der Waals surface area contributed by atoms with Gasteiger partial charge in [-0.15, -0.1) is 0 Å². The Balaban J connectivity index is 2.44. The first-order valence-corrected chi connectivity index (χ1v) is 5.49. The Morgan fingerprint density at radius 1 is 1.44 bits per heavy atom. The molecule has 84 valence electrons. The quantitative estimate of drug-likeness (QED) is 0.616. The van der Waals surface area contributed by atoms with Crippen LogP contribution >= 0.6 is 15.9 Å². The van der Waals surface area contributed by atoms with Crippen molar-refractivity contribution < 1.29 is 19.1 Å². The maximum atomic E-state index is 11.5. The van der Waals surface area contributed by atoms with Crippen LogP contribution in [0.1, 0.15) is 17.9 Å². The first-order valence-electron chi connectivity index (χ1n) is 4.70. The minimum Gasteiger partial charge on any atom is -0.495 e. The monoisotopic (exact) mass is 284 g/mol. The number of hydrogen-bond acceptors (Lipinski definition) is 4. The van der Waals surface area contributed by atoms with Gasteiger partial charge in [0.15, 0.2) is 0 Å². The first kappa shape index (κ1) is 11.1. The van der Waals surface area contributed by atoms with Crippen LogP contribution in [0.15, 0.2) is 22.7 Å². The van der Waals surface area contributed by atoms with E-state index in [0.29, 0.717) is 11.3 Å². The first-order chi connectivity index (χ1) is 7.63. The molecule has 1 saturated heterocycles. The van der Waals surface area contributed by atoms with Gasteiger partial charge in [0.05, 0.1) is 23.9 Å². The zero-order valence-corrected chi connectivity index (χ0v) is 10.1. The molecule has 0 radical (unpaired) electrons. The minimum atomic E-state index is -0.556. The highest BCUT2D eigenvalue weighted by atomic mass is 79.9. The molecular weight excluding hydrogens is 276 g/mol. The van der Waals surface area contributed by atoms with E-state index in [4.69, 9.17) is 4.74 Å². The second-order valence-electron chi connectivity index (χ2n) is 3.41. The van der Waals surface area contributed by atoms with Crippen LogP contribution in [-0.4, -0.2) is 19.0 Å². The molecule has 4 nitrogen and oxygen atoms in total. The summed E-state index contributed by atoms with van der Waals surface area (Å²) in [4.78, 5) is 22.5. The van der Waals surface area contributed by atoms with Crippen molar-refractivity contribution in [3.8, 4) is 5.75 Å². The average Bonchev–Trinajstić information content (AvgIpc) is 2.57. The van der Waals surface area contributed by atoms with Gasteiger partial charge in [0.1, 0.15) is 5.75 Å². The Morgan fingerprint density at radius 3 is 2.75 bits per heavy atom. The summed E-state index contributed by atoms with van der Waals surface area (Å²) in [5, 5.41) is 0. The van der Waals surface area contributed by atoms with E-state index in [0.717, 1.165) is 4.47 Å². The molecule has 0 spiro atoms. The van der Waals surface area contributed by atoms with Crippen molar-refractivity contribution in [2.75, 3.05) is 7.11 Å². The zero-order chi connectivity index (χ0) is 11.7. The number of carbonyl (C=O) groups excluding carboxylic acids is 2. The van der Waals surface area contributed by atoms with Gasteiger partial charge in [0.2, 0.25) is 0 Å². The Hall–Kier alpha value is -1.36. The average molecular weight is 285 g/mol. The Morgan fingerprint density at radius 2 is 2.19 bits per heavy atom. The molecule has 1 heterocycles. The number of para-hydroxylation sites is 1. The summed E-state index contributed by atoms with van der Waals surface area (Å²) in [6.45, 7) is 0. The summed E-state index contributed by atoms with van der Waals surface area (Å²) < 4.78 is 10.5. The van der Waals surface area contributed by atoms with E-state index in [1.807, 2.05) is 6.07 Å². The van der Waals surface area contributed by atoms with E-state index in [1.54, 1.807) is 12.1 Å². The maximum absolute atomic E-state index is 11.5. The number of cyclic esters (lactones) is 2. The molecule has 2 rings (SSSR count). The summed E-state index contributed by atoms with van der Waals surface area (Å²) in [6.07, 6.45) is 0.0750. The normalized spacial score (nSPS) is 19.8. The summed E-state index contributed by atoms with van der Waals surface area (Å²) in [6, 6.07) is 5.36. The molecule has 5 heteroatoms. The van der Waals surface area contributed by atoms with Crippen molar-refractivity contribution in [2.24, 2.45) is 0 Å². The third-order valence-electron chi connectivity index (χ3n) is 2.45. The third kappa shape index (κ3) is 1.82. The summed E-state index contributed by atoms with van der Waals surface area (Å²) >= 11 is 3.33. The van der Waals surface area contributed by atoms with E-state index in [-0.39, 0.29) is 6.42 Å². The zero-order valence-electron chi connectivity index (χ0n) is 8.53. The van der Waals surface area contributed by atoms with Crippen molar-refractivity contribution in [1.29, 1.82) is 0 Å². The van der Waals surface area contributed by atoms with Gasteiger partial charge < -0.3 is 9.47 Å². The lowest BCUT2D eigenvalue weighted by Gasteiger charge is -2.12. The highest BCUT2D eigenvalue weighted by molar-refractivity contribution is 9.10. The van der Waals surface area contributed by atoms with Crippen LogP contribution in [0.4, 0.5) is 0 Å². The number of benzene rings is 1. The van der Waals surface area contributed by atoms with Crippen molar-refractivity contribution in [2.45, 2.75) is 12.3 Å². The van der Waals surface area contributed by atoms with E-state index in [9.17, 15) is 9.59 Å². The minimum absolute atomic E-state index is 0.0750. The molecule has 0 aromatic heterocycles. The molecule has 0 saturated carbocycles. The fraction of sp³-hybridized carbons (Fsp3) is 0.273. The van der Waals surface area contributed by atoms with Crippen LogP contribution < -0.4 is 4.74 Å². The maximum Gasteiger partial charge on any atom is 0.321 e. The third-order valence-corrected chi connectivity index (χ3v) is 3.07. The number of rotatable bonds is 2. The fourth-order valence-electron chi connectivity index (χ4n) is 1.73. The molecule has 0 aliphatic carbocycles. The van der Waals surface area contributed by atoms with E-state index in [2.05, 4.69) is 20.7 Å². The molecule has 1 aliphatic heterocycles. The lowest BCUT2D eigenvalue weighted by Crippen LogP contribution is -2.07. The van der Waals surface area contributed by atoms with E-state index < -0.39 is 17.9 Å². The van der Waals surface area contributed by atoms with Gasteiger partial charge in [-0.05, 0) is 22.0 Å². The molecule has 1 atom stereocenters. The van der Waals surface area contributed by atoms with Crippen molar-refractivity contribution in [3.05, 3.63) is 28.2 Å². The lowest BCUT2D eigenvalue weighted by atomic mass is 9.97. The van der Waals surface area contributed by atoms with Gasteiger partial charge >= 0.3 is 11.9 Å². The number of methoxy groups -OCH3 is 1. The van der Waals surface area contributed by atoms with E-state index in [1.165, 1.54) is 7.11 Å². The van der Waals surface area contributed by atoms with E-state index >= 15 is 0 Å². The van der Waals surface area contributed by atoms with Crippen molar-refractivity contribution >= 4 is 27.9 Å². The van der Waals surface area contributed by atoms with Crippen molar-refractivity contribution in [1.82, 2.24) is 0 Å². The number of ether oxygens (including phenoxy) is 2. The summed E-state index contributed by atoms with van der Waals surface area (Å²) in [7, 11) is 1.52. The predicted molar refractivity (Wildman–Crippen MR) is 59.2 cm³/mol. The standard InChI is InChI=1S/C11H9BrO4/c1-15-10-6(3-2-4-8(10)12)7-5-9(13)16-11(7)14/h2-4,7H,5H2,1H3. The molecule has 16 heavy (non-hydrogen) atoms. The molecule has 1 aliphatic rings. The lowest BCUT2D eigenvalue weighted by molar-refractivity contribution is -0.152. The second-order valence-corrected chi connectivity index (χ2v) is 4.27. The summed E-state index contributed by atoms with van der Waals surface area (Å²) in [5.41, 5.74) is 0.674. The molecular formula is C11H9BrO4. The largest absolute Gasteiger partial charge is 0.495 e. The molecule has 0 bridgehead atoms. The molecule has 1 fully saturated rings. The molecule has 1 aromatic carbocycles. The van der Waals surface area contributed by atoms with Crippen LogP contribution in [0.3, 0.4) is 0 Å². The van der Waals surface area contributed by atoms with Crippen molar-refractivity contribution in [3.63, 3.8) is 0 Å². The van der Waals surface area contributed by atoms with Crippen LogP contribution in [0, 0.1) is 0 Å². The second kappa shape index (κ2) is 4.25. The van der Waals surface area contributed by atoms with Gasteiger partial charge in [0, 0.05) is 5.56 Å². The fourth-order valence-corrected chi connectivity index (χ4v) is 2.27. The Labute approximate surface area is 101 Å². The van der Waals surface area contributed by atoms with Crippen LogP contribution in [-0.2, 0) is 14.3 Å². The van der Waals surface area contributed by atoms with Gasteiger partial charge in [-0.2, -0.15) is 0 Å². The predicted octanol–water partition coefficient (Wildman–Crippen LogP) is 2.01. The number of esters is 2. The highest BCUT2D eigenvalue weighted by Gasteiger charge is 2.36. The van der Waals surface area contributed by atoms with Gasteiger partial charge in [-0.25, -0.2) is 0 Å². The smallest absolute Gasteiger partial charge is 0.321 e. The van der Waals surface area contributed by atoms with Crippen LogP contribution in [0.25, 0.3) is 0 Å². The van der Waals surface area contributed by atoms with Crippen LogP contribution in [0.5, 0.6) is 5.75 Å². The topological polar surface area (TPSA) is 52.6 Å². The summed E-state index contributed by atoms with van der Waals surface area (Å²) in [5.74, 6) is -0.988. The SMILES string of the molecule is COc1c(Br)cccc1C1CC(=O)OC1=O. The molecule has 1 unspecified atom stereocenters. The van der Waals surface area contributed by atoms with Gasteiger partial charge in [0.25, 0.3) is 0 Å². The number of carbonyl (C=O) groups is 2. The number of hydrogen-bond donors (Lipinski definition) is 0. The van der Waals surface area contributed by atoms with Gasteiger partial charge in [-0.1, -0.05) is 12.1 Å². The molecule has 0 N–H and O–H groups in total. The van der Waals surface area contributed by atoms with Gasteiger partial charge in [-0.3, -0.25) is 9.59 Å². The highest BCUT2D eigenvalue weighted by Crippen LogP contribution is 2.37. The van der Waals surface area contributed by atoms with Crippen LogP contribution in [0.2, 0.25) is 0 Å². The Bertz CT molecular complexity index is 455. The molecule has 0 amide bonds. The molecule has 1 aromatic rings. The Kier molecular flexibility index (Phi) is 2.96.